The van der Waals surface area contributed by atoms with Crippen LogP contribution in [0, 0.1) is 0 Å². The van der Waals surface area contributed by atoms with E-state index in [9.17, 15) is 0 Å². The third kappa shape index (κ3) is 2.02. The Hall–Kier alpha value is -0.800. The fraction of sp³-hybridized carbons (Fsp3) is 0.714. The molecule has 0 aromatic carbocycles. The van der Waals surface area contributed by atoms with Crippen molar-refractivity contribution in [2.45, 2.75) is 51.2 Å². The molecule has 3 rings (SSSR count). The normalized spacial score (nSPS) is 34.6. The molecule has 1 N–H and O–H groups in total. The average Bonchev–Trinajstić information content (AvgIpc) is 2.80. The van der Waals surface area contributed by atoms with E-state index in [-0.39, 0.29) is 0 Å². The van der Waals surface area contributed by atoms with Crippen LogP contribution in [0.3, 0.4) is 0 Å². The molecule has 17 heavy (non-hydrogen) atoms. The fourth-order valence-corrected chi connectivity index (χ4v) is 3.29. The van der Waals surface area contributed by atoms with Crippen LogP contribution in [-0.2, 0) is 6.42 Å². The predicted octanol–water partition coefficient (Wildman–Crippen LogP) is 2.34. The first-order chi connectivity index (χ1) is 8.25. The van der Waals surface area contributed by atoms with E-state index < -0.39 is 0 Å². The summed E-state index contributed by atoms with van der Waals surface area (Å²) in [5.41, 5.74) is 1.44. The number of fused-ring (bicyclic) bond motifs is 1. The van der Waals surface area contributed by atoms with Gasteiger partial charge in [0.1, 0.15) is 5.76 Å². The van der Waals surface area contributed by atoms with Gasteiger partial charge in [-0.2, -0.15) is 0 Å². The van der Waals surface area contributed by atoms with Crippen LogP contribution in [0.2, 0.25) is 0 Å². The molecule has 0 radical (unpaired) electrons. The van der Waals surface area contributed by atoms with Gasteiger partial charge >= 0.3 is 0 Å². The Morgan fingerprint density at radius 2 is 2.29 bits per heavy atom. The molecule has 94 valence electrons. The van der Waals surface area contributed by atoms with Crippen molar-refractivity contribution in [3.8, 4) is 0 Å². The monoisotopic (exact) mass is 234 g/mol. The van der Waals surface area contributed by atoms with Gasteiger partial charge in [0.25, 0.3) is 0 Å². The number of rotatable bonds is 1. The van der Waals surface area contributed by atoms with Crippen molar-refractivity contribution in [1.82, 2.24) is 10.2 Å². The van der Waals surface area contributed by atoms with Crippen LogP contribution in [0.5, 0.6) is 0 Å². The van der Waals surface area contributed by atoms with Gasteiger partial charge < -0.3 is 9.73 Å². The van der Waals surface area contributed by atoms with Crippen LogP contribution in [0.1, 0.15) is 44.1 Å². The van der Waals surface area contributed by atoms with Crippen molar-refractivity contribution in [3.05, 3.63) is 23.7 Å². The summed E-state index contributed by atoms with van der Waals surface area (Å²) in [6, 6.07) is 3.98. The largest absolute Gasteiger partial charge is 0.469 e. The second-order valence-corrected chi connectivity index (χ2v) is 5.56. The number of aryl methyl sites for hydroxylation is 1. The molecule has 3 heteroatoms. The summed E-state index contributed by atoms with van der Waals surface area (Å²) in [7, 11) is 0. The Labute approximate surface area is 103 Å². The van der Waals surface area contributed by atoms with Gasteiger partial charge in [0.05, 0.1) is 6.26 Å². The molecular formula is C14H22N2O. The van der Waals surface area contributed by atoms with Gasteiger partial charge in [0.2, 0.25) is 0 Å². The van der Waals surface area contributed by atoms with E-state index in [0.29, 0.717) is 18.1 Å². The number of furan rings is 1. The van der Waals surface area contributed by atoms with Gasteiger partial charge in [-0.15, -0.1) is 0 Å². The van der Waals surface area contributed by atoms with E-state index in [4.69, 9.17) is 4.42 Å². The molecule has 0 bridgehead atoms. The van der Waals surface area contributed by atoms with Gasteiger partial charge in [0, 0.05) is 43.2 Å². The van der Waals surface area contributed by atoms with E-state index in [1.165, 1.54) is 24.2 Å². The molecule has 1 aliphatic heterocycles. The fourth-order valence-electron chi connectivity index (χ4n) is 3.29. The zero-order valence-corrected chi connectivity index (χ0v) is 10.8. The molecule has 1 aliphatic carbocycles. The minimum atomic E-state index is 0.581. The second-order valence-electron chi connectivity index (χ2n) is 5.56. The maximum atomic E-state index is 5.60. The zero-order valence-electron chi connectivity index (χ0n) is 10.8. The maximum Gasteiger partial charge on any atom is 0.108 e. The molecule has 3 nitrogen and oxygen atoms in total. The molecule has 3 atom stereocenters. The molecule has 2 heterocycles. The lowest BCUT2D eigenvalue weighted by atomic mass is 9.90. The van der Waals surface area contributed by atoms with Crippen LogP contribution in [0.15, 0.2) is 16.7 Å². The van der Waals surface area contributed by atoms with Crippen LogP contribution >= 0.6 is 0 Å². The molecule has 1 fully saturated rings. The van der Waals surface area contributed by atoms with Gasteiger partial charge in [-0.05, 0) is 32.8 Å². The molecule has 1 aromatic heterocycles. The van der Waals surface area contributed by atoms with Crippen LogP contribution < -0.4 is 5.32 Å². The molecular weight excluding hydrogens is 212 g/mol. The predicted molar refractivity (Wildman–Crippen MR) is 68.0 cm³/mol. The highest BCUT2D eigenvalue weighted by molar-refractivity contribution is 5.24. The SMILES string of the molecule is CC1CN(C2CCCc3occc32)C(C)CN1. The second kappa shape index (κ2) is 4.46. The van der Waals surface area contributed by atoms with Crippen molar-refractivity contribution >= 4 is 0 Å². The first kappa shape index (κ1) is 11.3. The summed E-state index contributed by atoms with van der Waals surface area (Å²) in [5, 5.41) is 3.55. The molecule has 0 saturated carbocycles. The van der Waals surface area contributed by atoms with E-state index in [0.717, 1.165) is 19.5 Å². The van der Waals surface area contributed by atoms with Gasteiger partial charge in [-0.1, -0.05) is 0 Å². The van der Waals surface area contributed by atoms with Crippen LogP contribution in [-0.4, -0.2) is 30.1 Å². The van der Waals surface area contributed by atoms with Gasteiger partial charge in [-0.3, -0.25) is 4.90 Å². The van der Waals surface area contributed by atoms with Crippen molar-refractivity contribution in [3.63, 3.8) is 0 Å². The van der Waals surface area contributed by atoms with E-state index in [1.807, 2.05) is 6.26 Å². The summed E-state index contributed by atoms with van der Waals surface area (Å²) in [6.07, 6.45) is 5.52. The van der Waals surface area contributed by atoms with E-state index >= 15 is 0 Å². The minimum Gasteiger partial charge on any atom is -0.469 e. The maximum absolute atomic E-state index is 5.60. The third-order valence-corrected chi connectivity index (χ3v) is 4.23. The van der Waals surface area contributed by atoms with Crippen molar-refractivity contribution in [1.29, 1.82) is 0 Å². The third-order valence-electron chi connectivity index (χ3n) is 4.23. The number of nitrogens with zero attached hydrogens (tertiary/aromatic N) is 1. The lowest BCUT2D eigenvalue weighted by Crippen LogP contribution is -2.55. The molecule has 1 saturated heterocycles. The number of nitrogens with one attached hydrogen (secondary N) is 1. The lowest BCUT2D eigenvalue weighted by Gasteiger charge is -2.43. The topological polar surface area (TPSA) is 28.4 Å². The molecule has 0 amide bonds. The summed E-state index contributed by atoms with van der Waals surface area (Å²) < 4.78 is 5.60. The Morgan fingerprint density at radius 1 is 1.41 bits per heavy atom. The number of hydrogen-bond acceptors (Lipinski definition) is 3. The van der Waals surface area contributed by atoms with Crippen molar-refractivity contribution in [2.75, 3.05) is 13.1 Å². The Morgan fingerprint density at radius 3 is 3.18 bits per heavy atom. The van der Waals surface area contributed by atoms with Crippen molar-refractivity contribution in [2.24, 2.45) is 0 Å². The average molecular weight is 234 g/mol. The first-order valence-electron chi connectivity index (χ1n) is 6.81. The molecule has 0 spiro atoms. The highest BCUT2D eigenvalue weighted by Crippen LogP contribution is 2.36. The van der Waals surface area contributed by atoms with Crippen LogP contribution in [0.4, 0.5) is 0 Å². The summed E-state index contributed by atoms with van der Waals surface area (Å²) in [4.78, 5) is 2.66. The molecule has 1 aromatic rings. The standard InChI is InChI=1S/C14H22N2O/c1-10-9-16(11(2)8-15-10)13-4-3-5-14-12(13)6-7-17-14/h6-7,10-11,13,15H,3-5,8-9H2,1-2H3. The van der Waals surface area contributed by atoms with Crippen molar-refractivity contribution < 1.29 is 4.42 Å². The molecule has 3 unspecified atom stereocenters. The number of hydrogen-bond donors (Lipinski definition) is 1. The Kier molecular flexibility index (Phi) is 2.97. The molecule has 2 aliphatic rings. The zero-order chi connectivity index (χ0) is 11.8. The minimum absolute atomic E-state index is 0.581. The van der Waals surface area contributed by atoms with Gasteiger partial charge in [-0.25, -0.2) is 0 Å². The Balaban J connectivity index is 1.85. The first-order valence-corrected chi connectivity index (χ1v) is 6.81. The summed E-state index contributed by atoms with van der Waals surface area (Å²) >= 11 is 0. The van der Waals surface area contributed by atoms with Crippen LogP contribution in [0.25, 0.3) is 0 Å². The van der Waals surface area contributed by atoms with Gasteiger partial charge in [0.15, 0.2) is 0 Å². The highest BCUT2D eigenvalue weighted by Gasteiger charge is 2.33. The summed E-state index contributed by atoms with van der Waals surface area (Å²) in [6.45, 7) is 6.85. The number of piperazine rings is 1. The lowest BCUT2D eigenvalue weighted by molar-refractivity contribution is 0.0834. The van der Waals surface area contributed by atoms with E-state index in [2.05, 4.69) is 30.1 Å². The quantitative estimate of drug-likeness (QED) is 0.808. The Bertz CT molecular complexity index is 387. The summed E-state index contributed by atoms with van der Waals surface area (Å²) in [5.74, 6) is 1.22. The smallest absolute Gasteiger partial charge is 0.108 e. The highest BCUT2D eigenvalue weighted by atomic mass is 16.3. The van der Waals surface area contributed by atoms with E-state index in [1.54, 1.807) is 0 Å².